The van der Waals surface area contributed by atoms with Gasteiger partial charge in [0, 0.05) is 56.5 Å². The molecule has 1 aromatic carbocycles. The van der Waals surface area contributed by atoms with E-state index in [4.69, 9.17) is 0 Å². The predicted octanol–water partition coefficient (Wildman–Crippen LogP) is 2.76. The summed E-state index contributed by atoms with van der Waals surface area (Å²) in [5.74, 6) is 0.111. The molecule has 1 aliphatic rings. The van der Waals surface area contributed by atoms with E-state index in [1.54, 1.807) is 23.5 Å². The number of nitrogens with zero attached hydrogens (tertiary/aromatic N) is 3. The van der Waals surface area contributed by atoms with Crippen molar-refractivity contribution in [1.29, 1.82) is 0 Å². The molecule has 25 heavy (non-hydrogen) atoms. The number of hydrogen-bond donors (Lipinski definition) is 0. The van der Waals surface area contributed by atoms with Gasteiger partial charge < -0.3 is 4.90 Å². The molecule has 0 unspecified atom stereocenters. The van der Waals surface area contributed by atoms with Gasteiger partial charge in [0.25, 0.3) is 0 Å². The van der Waals surface area contributed by atoms with Crippen LogP contribution in [0.5, 0.6) is 0 Å². The molecule has 1 aromatic heterocycles. The number of aryl methyl sites for hydroxylation is 1. The van der Waals surface area contributed by atoms with Gasteiger partial charge in [0.2, 0.25) is 5.91 Å². The van der Waals surface area contributed by atoms with Crippen molar-refractivity contribution in [3.05, 3.63) is 52.0 Å². The summed E-state index contributed by atoms with van der Waals surface area (Å²) in [7, 11) is 0. The van der Waals surface area contributed by atoms with Crippen molar-refractivity contribution in [3.8, 4) is 0 Å². The molecule has 0 saturated carbocycles. The molecule has 6 heteroatoms. The Morgan fingerprint density at radius 3 is 2.44 bits per heavy atom. The van der Waals surface area contributed by atoms with Gasteiger partial charge in [0.15, 0.2) is 5.78 Å². The van der Waals surface area contributed by atoms with E-state index in [1.165, 1.54) is 0 Å². The van der Waals surface area contributed by atoms with Crippen LogP contribution < -0.4 is 0 Å². The minimum absolute atomic E-state index is 0.0338. The lowest BCUT2D eigenvalue weighted by Gasteiger charge is -2.34. The number of Topliss-reactive ketones (excluding diaryl/α,β-unsaturated/α-hetero) is 1. The lowest BCUT2D eigenvalue weighted by Crippen LogP contribution is -2.48. The van der Waals surface area contributed by atoms with Crippen molar-refractivity contribution >= 4 is 23.0 Å². The number of amides is 1. The fourth-order valence-electron chi connectivity index (χ4n) is 3.01. The molecule has 3 rings (SSSR count). The lowest BCUT2D eigenvalue weighted by atomic mass is 10.1. The number of thiazole rings is 1. The van der Waals surface area contributed by atoms with Gasteiger partial charge in [-0.05, 0) is 6.92 Å². The first-order chi connectivity index (χ1) is 12.1. The number of ketones is 1. The molecule has 1 aliphatic heterocycles. The van der Waals surface area contributed by atoms with Crippen molar-refractivity contribution in [2.24, 2.45) is 0 Å². The number of carbonyl (C=O) groups is 2. The average molecular weight is 357 g/mol. The highest BCUT2D eigenvalue weighted by Gasteiger charge is 2.22. The Labute approximate surface area is 152 Å². The summed E-state index contributed by atoms with van der Waals surface area (Å²) in [6.45, 7) is 6.02. The third kappa shape index (κ3) is 4.96. The zero-order valence-corrected chi connectivity index (χ0v) is 15.3. The van der Waals surface area contributed by atoms with Crippen LogP contribution in [0.25, 0.3) is 0 Å². The molecule has 1 amide bonds. The van der Waals surface area contributed by atoms with Crippen LogP contribution in [0, 0.1) is 6.92 Å². The van der Waals surface area contributed by atoms with E-state index >= 15 is 0 Å². The summed E-state index contributed by atoms with van der Waals surface area (Å²) in [6, 6.07) is 9.17. The van der Waals surface area contributed by atoms with Crippen LogP contribution in [0.3, 0.4) is 0 Å². The summed E-state index contributed by atoms with van der Waals surface area (Å²) >= 11 is 1.67. The van der Waals surface area contributed by atoms with Crippen LogP contribution in [0.15, 0.2) is 35.7 Å². The summed E-state index contributed by atoms with van der Waals surface area (Å²) in [4.78, 5) is 33.1. The minimum Gasteiger partial charge on any atom is -0.340 e. The van der Waals surface area contributed by atoms with E-state index < -0.39 is 0 Å². The van der Waals surface area contributed by atoms with Crippen molar-refractivity contribution in [1.82, 2.24) is 14.8 Å². The normalized spacial score (nSPS) is 15.3. The second kappa shape index (κ2) is 8.36. The predicted molar refractivity (Wildman–Crippen MR) is 98.7 cm³/mol. The maximum atomic E-state index is 12.3. The number of carbonyl (C=O) groups excluding carboxylic acids is 2. The number of piperazine rings is 1. The largest absolute Gasteiger partial charge is 0.340 e. The molecule has 1 fully saturated rings. The second-order valence-corrected chi connectivity index (χ2v) is 7.37. The molecule has 0 bridgehead atoms. The molecule has 1 saturated heterocycles. The Morgan fingerprint density at radius 1 is 1.08 bits per heavy atom. The fourth-order valence-corrected chi connectivity index (χ4v) is 3.62. The molecule has 132 valence electrons. The SMILES string of the molecule is Cc1nc(CN2CCN(C(=O)CCC(=O)c3ccccc3)CC2)cs1. The smallest absolute Gasteiger partial charge is 0.223 e. The molecule has 5 nitrogen and oxygen atoms in total. The van der Waals surface area contributed by atoms with Crippen LogP contribution in [0.1, 0.15) is 33.9 Å². The van der Waals surface area contributed by atoms with E-state index in [-0.39, 0.29) is 18.1 Å². The number of aromatic nitrogens is 1. The van der Waals surface area contributed by atoms with Gasteiger partial charge in [0.05, 0.1) is 10.7 Å². The van der Waals surface area contributed by atoms with E-state index in [2.05, 4.69) is 15.3 Å². The van der Waals surface area contributed by atoms with Gasteiger partial charge >= 0.3 is 0 Å². The van der Waals surface area contributed by atoms with Gasteiger partial charge in [-0.15, -0.1) is 11.3 Å². The standard InChI is InChI=1S/C19H23N3O2S/c1-15-20-17(14-25-15)13-21-9-11-22(12-10-21)19(24)8-7-18(23)16-5-3-2-4-6-16/h2-6,14H,7-13H2,1H3. The van der Waals surface area contributed by atoms with Crippen LogP contribution in [0.4, 0.5) is 0 Å². The molecule has 2 aromatic rings. The summed E-state index contributed by atoms with van der Waals surface area (Å²) < 4.78 is 0. The first-order valence-corrected chi connectivity index (χ1v) is 9.49. The van der Waals surface area contributed by atoms with Gasteiger partial charge in [0.1, 0.15) is 0 Å². The van der Waals surface area contributed by atoms with E-state index in [1.807, 2.05) is 30.0 Å². The first kappa shape index (κ1) is 17.8. The summed E-state index contributed by atoms with van der Waals surface area (Å²) in [5, 5.41) is 3.19. The van der Waals surface area contributed by atoms with Gasteiger partial charge in [-0.25, -0.2) is 4.98 Å². The van der Waals surface area contributed by atoms with Crippen molar-refractivity contribution in [2.45, 2.75) is 26.3 Å². The summed E-state index contributed by atoms with van der Waals surface area (Å²) in [6.07, 6.45) is 0.570. The molecule has 0 atom stereocenters. The first-order valence-electron chi connectivity index (χ1n) is 8.61. The Bertz CT molecular complexity index is 721. The highest BCUT2D eigenvalue weighted by atomic mass is 32.1. The van der Waals surface area contributed by atoms with Crippen LogP contribution in [0.2, 0.25) is 0 Å². The minimum atomic E-state index is 0.0338. The van der Waals surface area contributed by atoms with Crippen molar-refractivity contribution in [2.75, 3.05) is 26.2 Å². The molecule has 0 spiro atoms. The molecular weight excluding hydrogens is 334 g/mol. The number of benzene rings is 1. The topological polar surface area (TPSA) is 53.5 Å². The van der Waals surface area contributed by atoms with E-state index in [0.717, 1.165) is 43.4 Å². The molecule has 0 N–H and O–H groups in total. The van der Waals surface area contributed by atoms with Crippen LogP contribution in [-0.4, -0.2) is 52.7 Å². The Hall–Kier alpha value is -2.05. The van der Waals surface area contributed by atoms with E-state index in [0.29, 0.717) is 12.0 Å². The third-order valence-corrected chi connectivity index (χ3v) is 5.26. The van der Waals surface area contributed by atoms with Gasteiger partial charge in [-0.1, -0.05) is 30.3 Å². The fraction of sp³-hybridized carbons (Fsp3) is 0.421. The van der Waals surface area contributed by atoms with Gasteiger partial charge in [-0.3, -0.25) is 14.5 Å². The van der Waals surface area contributed by atoms with Crippen LogP contribution >= 0.6 is 11.3 Å². The molecule has 2 heterocycles. The van der Waals surface area contributed by atoms with Gasteiger partial charge in [-0.2, -0.15) is 0 Å². The monoisotopic (exact) mass is 357 g/mol. The summed E-state index contributed by atoms with van der Waals surface area (Å²) in [5.41, 5.74) is 1.79. The Kier molecular flexibility index (Phi) is 5.94. The number of rotatable bonds is 6. The van der Waals surface area contributed by atoms with E-state index in [9.17, 15) is 9.59 Å². The third-order valence-electron chi connectivity index (χ3n) is 4.44. The molecule has 0 aliphatic carbocycles. The van der Waals surface area contributed by atoms with Crippen molar-refractivity contribution < 1.29 is 9.59 Å². The number of hydrogen-bond acceptors (Lipinski definition) is 5. The average Bonchev–Trinajstić information content (AvgIpc) is 3.05. The zero-order chi connectivity index (χ0) is 17.6. The quantitative estimate of drug-likeness (QED) is 0.746. The Balaban J connectivity index is 1.41. The second-order valence-electron chi connectivity index (χ2n) is 6.30. The zero-order valence-electron chi connectivity index (χ0n) is 14.5. The lowest BCUT2D eigenvalue weighted by molar-refractivity contribution is -0.133. The highest BCUT2D eigenvalue weighted by molar-refractivity contribution is 7.09. The maximum absolute atomic E-state index is 12.3. The Morgan fingerprint density at radius 2 is 1.80 bits per heavy atom. The van der Waals surface area contributed by atoms with Crippen molar-refractivity contribution in [3.63, 3.8) is 0 Å². The molecular formula is C19H23N3O2S. The highest BCUT2D eigenvalue weighted by Crippen LogP contribution is 2.13. The maximum Gasteiger partial charge on any atom is 0.223 e. The molecule has 0 radical (unpaired) electrons. The van der Waals surface area contributed by atoms with Crippen LogP contribution in [-0.2, 0) is 11.3 Å².